The number of carbonyl (C=O) groups is 1. The Morgan fingerprint density at radius 2 is 2.00 bits per heavy atom. The normalized spacial score (nSPS) is 23.5. The van der Waals surface area contributed by atoms with E-state index in [1.54, 1.807) is 0 Å². The van der Waals surface area contributed by atoms with E-state index in [1.165, 1.54) is 24.8 Å². The predicted octanol–water partition coefficient (Wildman–Crippen LogP) is 3.03. The second-order valence-corrected chi connectivity index (χ2v) is 6.20. The summed E-state index contributed by atoms with van der Waals surface area (Å²) in [7, 11) is 0. The molecule has 1 aromatic carbocycles. The summed E-state index contributed by atoms with van der Waals surface area (Å²) in [4.78, 5) is 12.3. The van der Waals surface area contributed by atoms with Crippen molar-refractivity contribution in [1.29, 1.82) is 0 Å². The van der Waals surface area contributed by atoms with Crippen LogP contribution in [0.2, 0.25) is 0 Å². The summed E-state index contributed by atoms with van der Waals surface area (Å²) >= 11 is 0. The minimum Gasteiger partial charge on any atom is -0.352 e. The predicted molar refractivity (Wildman–Crippen MR) is 86.9 cm³/mol. The molecule has 0 saturated heterocycles. The molecule has 3 nitrogen and oxygen atoms in total. The molecule has 2 rings (SSSR count). The van der Waals surface area contributed by atoms with E-state index in [2.05, 4.69) is 24.4 Å². The Bertz CT molecular complexity index is 432. The number of hydrogen-bond donors (Lipinski definition) is 2. The molecule has 3 unspecified atom stereocenters. The number of hydrogen-bond acceptors (Lipinski definition) is 2. The lowest BCUT2D eigenvalue weighted by Crippen LogP contribution is -2.49. The molecule has 0 spiro atoms. The van der Waals surface area contributed by atoms with Gasteiger partial charge in [-0.1, -0.05) is 56.5 Å². The maximum absolute atomic E-state index is 12.3. The van der Waals surface area contributed by atoms with E-state index in [-0.39, 0.29) is 5.91 Å². The number of amides is 1. The van der Waals surface area contributed by atoms with Crippen molar-refractivity contribution < 1.29 is 4.79 Å². The van der Waals surface area contributed by atoms with Crippen LogP contribution in [0.4, 0.5) is 0 Å². The third-order valence-electron chi connectivity index (χ3n) is 4.68. The number of rotatable bonds is 6. The molecule has 1 aliphatic rings. The van der Waals surface area contributed by atoms with Crippen LogP contribution < -0.4 is 11.1 Å². The smallest absolute Gasteiger partial charge is 0.237 e. The zero-order valence-corrected chi connectivity index (χ0v) is 13.1. The monoisotopic (exact) mass is 288 g/mol. The first-order valence-electron chi connectivity index (χ1n) is 8.30. The van der Waals surface area contributed by atoms with Gasteiger partial charge in [-0.2, -0.15) is 0 Å². The summed E-state index contributed by atoms with van der Waals surface area (Å²) in [5.74, 6) is 0.653. The Labute approximate surface area is 128 Å². The zero-order chi connectivity index (χ0) is 15.1. The summed E-state index contributed by atoms with van der Waals surface area (Å²) in [6, 6.07) is 10.1. The van der Waals surface area contributed by atoms with Crippen LogP contribution in [-0.2, 0) is 11.2 Å². The molecule has 3 atom stereocenters. The topological polar surface area (TPSA) is 55.1 Å². The van der Waals surface area contributed by atoms with Gasteiger partial charge in [0.15, 0.2) is 0 Å². The summed E-state index contributed by atoms with van der Waals surface area (Å²) in [5.41, 5.74) is 7.30. The van der Waals surface area contributed by atoms with Gasteiger partial charge >= 0.3 is 0 Å². The molecule has 0 bridgehead atoms. The Morgan fingerprint density at radius 3 is 2.71 bits per heavy atom. The highest BCUT2D eigenvalue weighted by atomic mass is 16.2. The Balaban J connectivity index is 1.79. The fraction of sp³-hybridized carbons (Fsp3) is 0.611. The van der Waals surface area contributed by atoms with Gasteiger partial charge in [0.1, 0.15) is 0 Å². The van der Waals surface area contributed by atoms with Gasteiger partial charge < -0.3 is 11.1 Å². The number of benzene rings is 1. The molecule has 21 heavy (non-hydrogen) atoms. The third-order valence-corrected chi connectivity index (χ3v) is 4.68. The summed E-state index contributed by atoms with van der Waals surface area (Å²) in [5, 5.41) is 3.19. The van der Waals surface area contributed by atoms with Crippen molar-refractivity contribution in [2.45, 2.75) is 64.0 Å². The summed E-state index contributed by atoms with van der Waals surface area (Å²) in [6.07, 6.45) is 7.57. The first kappa shape index (κ1) is 16.0. The molecule has 0 heterocycles. The van der Waals surface area contributed by atoms with Crippen LogP contribution in [0.1, 0.15) is 51.0 Å². The lowest BCUT2D eigenvalue weighted by molar-refractivity contribution is -0.123. The molecule has 116 valence electrons. The summed E-state index contributed by atoms with van der Waals surface area (Å²) < 4.78 is 0. The lowest BCUT2D eigenvalue weighted by Gasteiger charge is -2.32. The minimum absolute atomic E-state index is 0.0243. The second kappa shape index (κ2) is 8.18. The Hall–Kier alpha value is -1.35. The van der Waals surface area contributed by atoms with Gasteiger partial charge in [0.05, 0.1) is 6.04 Å². The van der Waals surface area contributed by atoms with Crippen molar-refractivity contribution >= 4 is 5.91 Å². The van der Waals surface area contributed by atoms with Gasteiger partial charge in [0.2, 0.25) is 5.91 Å². The fourth-order valence-electron chi connectivity index (χ4n) is 3.27. The molecule has 0 aliphatic heterocycles. The van der Waals surface area contributed by atoms with Crippen LogP contribution in [0, 0.1) is 5.92 Å². The molecule has 1 aromatic rings. The van der Waals surface area contributed by atoms with Crippen LogP contribution in [0.3, 0.4) is 0 Å². The van der Waals surface area contributed by atoms with Crippen molar-refractivity contribution in [1.82, 2.24) is 5.32 Å². The average Bonchev–Trinajstić information content (AvgIpc) is 2.54. The quantitative estimate of drug-likeness (QED) is 0.845. The molecule has 0 aromatic heterocycles. The fourth-order valence-corrected chi connectivity index (χ4v) is 3.27. The lowest BCUT2D eigenvalue weighted by atomic mass is 9.82. The Morgan fingerprint density at radius 1 is 1.29 bits per heavy atom. The molecule has 0 radical (unpaired) electrons. The largest absolute Gasteiger partial charge is 0.352 e. The zero-order valence-electron chi connectivity index (χ0n) is 13.1. The van der Waals surface area contributed by atoms with Crippen molar-refractivity contribution in [2.24, 2.45) is 11.7 Å². The SMILES string of the molecule is CCC1CCCCC1NC(=O)C(N)CCc1ccccc1. The number of carbonyl (C=O) groups excluding carboxylic acids is 1. The molecule has 3 N–H and O–H groups in total. The van der Waals surface area contributed by atoms with Crippen molar-refractivity contribution in [2.75, 3.05) is 0 Å². The van der Waals surface area contributed by atoms with Crippen molar-refractivity contribution in [3.63, 3.8) is 0 Å². The standard InChI is InChI=1S/C18H28N2O/c1-2-15-10-6-7-11-17(15)20-18(21)16(19)13-12-14-8-4-3-5-9-14/h3-5,8-9,15-17H,2,6-7,10-13,19H2,1H3,(H,20,21). The highest BCUT2D eigenvalue weighted by Gasteiger charge is 2.26. The van der Waals surface area contributed by atoms with E-state index in [4.69, 9.17) is 5.73 Å². The molecule has 1 fully saturated rings. The molecule has 1 aliphatic carbocycles. The average molecular weight is 288 g/mol. The van der Waals surface area contributed by atoms with Gasteiger partial charge in [0.25, 0.3) is 0 Å². The van der Waals surface area contributed by atoms with E-state index >= 15 is 0 Å². The van der Waals surface area contributed by atoms with Gasteiger partial charge in [-0.15, -0.1) is 0 Å². The molecular formula is C18H28N2O. The van der Waals surface area contributed by atoms with E-state index in [1.807, 2.05) is 18.2 Å². The molecule has 3 heteroatoms. The first-order valence-corrected chi connectivity index (χ1v) is 8.30. The highest BCUT2D eigenvalue weighted by molar-refractivity contribution is 5.81. The molecule has 1 saturated carbocycles. The van der Waals surface area contributed by atoms with E-state index in [0.29, 0.717) is 18.4 Å². The van der Waals surface area contributed by atoms with Crippen LogP contribution in [0.25, 0.3) is 0 Å². The van der Waals surface area contributed by atoms with Crippen molar-refractivity contribution in [3.05, 3.63) is 35.9 Å². The maximum atomic E-state index is 12.3. The van der Waals surface area contributed by atoms with Gasteiger partial charge in [-0.25, -0.2) is 0 Å². The van der Waals surface area contributed by atoms with E-state index < -0.39 is 6.04 Å². The van der Waals surface area contributed by atoms with Gasteiger partial charge in [-0.3, -0.25) is 4.79 Å². The first-order chi connectivity index (χ1) is 10.2. The van der Waals surface area contributed by atoms with Crippen LogP contribution in [0.5, 0.6) is 0 Å². The number of nitrogens with one attached hydrogen (secondary N) is 1. The van der Waals surface area contributed by atoms with Crippen LogP contribution in [-0.4, -0.2) is 18.0 Å². The van der Waals surface area contributed by atoms with E-state index in [0.717, 1.165) is 19.3 Å². The highest BCUT2D eigenvalue weighted by Crippen LogP contribution is 2.26. The molecular weight excluding hydrogens is 260 g/mol. The summed E-state index contributed by atoms with van der Waals surface area (Å²) in [6.45, 7) is 2.21. The maximum Gasteiger partial charge on any atom is 0.237 e. The van der Waals surface area contributed by atoms with Crippen molar-refractivity contribution in [3.8, 4) is 0 Å². The minimum atomic E-state index is -0.398. The third kappa shape index (κ3) is 4.85. The van der Waals surface area contributed by atoms with Crippen LogP contribution in [0.15, 0.2) is 30.3 Å². The van der Waals surface area contributed by atoms with Gasteiger partial charge in [-0.05, 0) is 37.2 Å². The van der Waals surface area contributed by atoms with E-state index in [9.17, 15) is 4.79 Å². The molecule has 1 amide bonds. The number of aryl methyl sites for hydroxylation is 1. The number of nitrogens with two attached hydrogens (primary N) is 1. The van der Waals surface area contributed by atoms with Gasteiger partial charge in [0, 0.05) is 6.04 Å². The Kier molecular flexibility index (Phi) is 6.24. The second-order valence-electron chi connectivity index (χ2n) is 6.20. The van der Waals surface area contributed by atoms with Crippen LogP contribution >= 0.6 is 0 Å².